The van der Waals surface area contributed by atoms with Crippen molar-refractivity contribution in [2.75, 3.05) is 20.2 Å². The fourth-order valence-electron chi connectivity index (χ4n) is 5.03. The molecule has 30 heavy (non-hydrogen) atoms. The summed E-state index contributed by atoms with van der Waals surface area (Å²) < 4.78 is 5.20. The standard InChI is InChI=1S/C24H26N4O2/c1-30-20-7-5-18(6-8-20)23-26-12-17(13-27-23)14-28-15-19-9-10-24(29,21(19)16-28)22-4-2-3-11-25-22/h2-8,11-13,19,21,29H,9-10,14-16H2,1H3/t19-,21+,24-/m0/s1. The first-order valence-electron chi connectivity index (χ1n) is 10.5. The van der Waals surface area contributed by atoms with E-state index >= 15 is 0 Å². The van der Waals surface area contributed by atoms with E-state index in [4.69, 9.17) is 4.74 Å². The topological polar surface area (TPSA) is 71.4 Å². The molecular formula is C24H26N4O2. The van der Waals surface area contributed by atoms with Crippen LogP contribution in [0.5, 0.6) is 5.75 Å². The number of aliphatic hydroxyl groups is 1. The third kappa shape index (κ3) is 3.46. The lowest BCUT2D eigenvalue weighted by molar-refractivity contribution is -0.0108. The molecule has 1 saturated carbocycles. The van der Waals surface area contributed by atoms with Gasteiger partial charge in [-0.15, -0.1) is 0 Å². The number of pyridine rings is 1. The van der Waals surface area contributed by atoms with Crippen molar-refractivity contribution in [3.8, 4) is 17.1 Å². The van der Waals surface area contributed by atoms with Gasteiger partial charge < -0.3 is 9.84 Å². The molecule has 0 bridgehead atoms. The number of rotatable bonds is 5. The van der Waals surface area contributed by atoms with Crippen LogP contribution >= 0.6 is 0 Å². The second kappa shape index (κ2) is 7.78. The van der Waals surface area contributed by atoms with Crippen LogP contribution in [0.2, 0.25) is 0 Å². The molecule has 3 aromatic rings. The molecule has 1 aliphatic carbocycles. The van der Waals surface area contributed by atoms with Gasteiger partial charge in [-0.1, -0.05) is 6.07 Å². The number of methoxy groups -OCH3 is 1. The summed E-state index contributed by atoms with van der Waals surface area (Å²) in [4.78, 5) is 16.0. The van der Waals surface area contributed by atoms with Crippen LogP contribution in [0.4, 0.5) is 0 Å². The lowest BCUT2D eigenvalue weighted by Gasteiger charge is -2.29. The third-order valence-electron chi connectivity index (χ3n) is 6.59. The first-order valence-corrected chi connectivity index (χ1v) is 10.5. The maximum Gasteiger partial charge on any atom is 0.159 e. The smallest absolute Gasteiger partial charge is 0.159 e. The molecule has 0 radical (unpaired) electrons. The first kappa shape index (κ1) is 19.2. The summed E-state index contributed by atoms with van der Waals surface area (Å²) >= 11 is 0. The normalized spacial score (nSPS) is 25.9. The first-order chi connectivity index (χ1) is 14.7. The molecule has 2 aliphatic rings. The monoisotopic (exact) mass is 402 g/mol. The molecule has 6 nitrogen and oxygen atoms in total. The van der Waals surface area contributed by atoms with Crippen molar-refractivity contribution in [3.05, 3.63) is 72.3 Å². The summed E-state index contributed by atoms with van der Waals surface area (Å²) in [5.41, 5.74) is 2.06. The van der Waals surface area contributed by atoms with Crippen LogP contribution in [0, 0.1) is 11.8 Å². The van der Waals surface area contributed by atoms with Crippen LogP contribution in [0.15, 0.2) is 61.1 Å². The van der Waals surface area contributed by atoms with E-state index in [0.717, 1.165) is 55.0 Å². The Balaban J connectivity index is 1.26. The van der Waals surface area contributed by atoms with Gasteiger partial charge in [0.2, 0.25) is 0 Å². The zero-order valence-electron chi connectivity index (χ0n) is 17.1. The lowest BCUT2D eigenvalue weighted by Crippen LogP contribution is -2.35. The lowest BCUT2D eigenvalue weighted by atomic mass is 9.85. The van der Waals surface area contributed by atoms with Crippen molar-refractivity contribution >= 4 is 0 Å². The zero-order valence-corrected chi connectivity index (χ0v) is 17.1. The highest BCUT2D eigenvalue weighted by atomic mass is 16.5. The van der Waals surface area contributed by atoms with Crippen LogP contribution < -0.4 is 4.74 Å². The third-order valence-corrected chi connectivity index (χ3v) is 6.59. The van der Waals surface area contributed by atoms with Crippen LogP contribution in [-0.4, -0.2) is 45.2 Å². The molecule has 1 N–H and O–H groups in total. The summed E-state index contributed by atoms with van der Waals surface area (Å²) in [6.07, 6.45) is 7.43. The Morgan fingerprint density at radius 3 is 2.57 bits per heavy atom. The van der Waals surface area contributed by atoms with Crippen molar-refractivity contribution in [1.82, 2.24) is 19.9 Å². The van der Waals surface area contributed by atoms with E-state index in [1.807, 2.05) is 54.9 Å². The number of ether oxygens (including phenoxy) is 1. The number of benzene rings is 1. The van der Waals surface area contributed by atoms with Crippen molar-refractivity contribution in [3.63, 3.8) is 0 Å². The minimum atomic E-state index is -0.810. The molecule has 154 valence electrons. The minimum Gasteiger partial charge on any atom is -0.497 e. The van der Waals surface area contributed by atoms with Gasteiger partial charge in [0.1, 0.15) is 11.4 Å². The molecule has 3 atom stereocenters. The average Bonchev–Trinajstić information content (AvgIpc) is 3.35. The highest BCUT2D eigenvalue weighted by Crippen LogP contribution is 2.50. The van der Waals surface area contributed by atoms with Gasteiger partial charge in [-0.25, -0.2) is 9.97 Å². The van der Waals surface area contributed by atoms with Gasteiger partial charge in [0.15, 0.2) is 5.82 Å². The van der Waals surface area contributed by atoms with Gasteiger partial charge in [-0.05, 0) is 55.2 Å². The van der Waals surface area contributed by atoms with Crippen LogP contribution in [0.1, 0.15) is 24.1 Å². The maximum atomic E-state index is 11.4. The minimum absolute atomic E-state index is 0.229. The summed E-state index contributed by atoms with van der Waals surface area (Å²) in [5, 5.41) is 11.4. The van der Waals surface area contributed by atoms with E-state index in [1.165, 1.54) is 0 Å². The van der Waals surface area contributed by atoms with Gasteiger partial charge in [0.25, 0.3) is 0 Å². The molecule has 1 aliphatic heterocycles. The molecule has 3 heterocycles. The quantitative estimate of drug-likeness (QED) is 0.706. The Morgan fingerprint density at radius 1 is 1.07 bits per heavy atom. The summed E-state index contributed by atoms with van der Waals surface area (Å²) in [7, 11) is 1.66. The summed E-state index contributed by atoms with van der Waals surface area (Å²) in [5.74, 6) is 2.27. The SMILES string of the molecule is COc1ccc(-c2ncc(CN3C[C@@H]4CC[C@@](O)(c5ccccn5)[C@@H]4C3)cn2)cc1. The maximum absolute atomic E-state index is 11.4. The van der Waals surface area contributed by atoms with E-state index < -0.39 is 5.60 Å². The fraction of sp³-hybridized carbons (Fsp3) is 0.375. The van der Waals surface area contributed by atoms with E-state index in [9.17, 15) is 5.11 Å². The second-order valence-electron chi connectivity index (χ2n) is 8.38. The molecule has 1 saturated heterocycles. The fourth-order valence-corrected chi connectivity index (χ4v) is 5.03. The number of hydrogen-bond donors (Lipinski definition) is 1. The van der Waals surface area contributed by atoms with Crippen molar-refractivity contribution in [2.45, 2.75) is 25.0 Å². The number of aromatic nitrogens is 3. The molecule has 0 spiro atoms. The molecule has 1 aromatic carbocycles. The number of nitrogens with zero attached hydrogens (tertiary/aromatic N) is 4. The Labute approximate surface area is 176 Å². The number of fused-ring (bicyclic) bond motifs is 1. The molecular weight excluding hydrogens is 376 g/mol. The van der Waals surface area contributed by atoms with E-state index in [0.29, 0.717) is 11.7 Å². The molecule has 2 fully saturated rings. The van der Waals surface area contributed by atoms with E-state index in [-0.39, 0.29) is 5.92 Å². The van der Waals surface area contributed by atoms with Crippen LogP contribution in [0.3, 0.4) is 0 Å². The second-order valence-corrected chi connectivity index (χ2v) is 8.38. The van der Waals surface area contributed by atoms with Gasteiger partial charge in [-0.2, -0.15) is 0 Å². The van der Waals surface area contributed by atoms with Gasteiger partial charge in [0, 0.05) is 55.3 Å². The van der Waals surface area contributed by atoms with Crippen molar-refractivity contribution < 1.29 is 9.84 Å². The van der Waals surface area contributed by atoms with Crippen molar-refractivity contribution in [2.24, 2.45) is 11.8 Å². The predicted octanol–water partition coefficient (Wildman–Crippen LogP) is 3.28. The molecule has 0 unspecified atom stereocenters. The van der Waals surface area contributed by atoms with Gasteiger partial charge in [-0.3, -0.25) is 9.88 Å². The Bertz CT molecular complexity index is 994. The van der Waals surface area contributed by atoms with Crippen molar-refractivity contribution in [1.29, 1.82) is 0 Å². The average molecular weight is 402 g/mol. The van der Waals surface area contributed by atoms with Gasteiger partial charge >= 0.3 is 0 Å². The van der Waals surface area contributed by atoms with Gasteiger partial charge in [0.05, 0.1) is 12.8 Å². The molecule has 0 amide bonds. The van der Waals surface area contributed by atoms with Crippen LogP contribution in [0.25, 0.3) is 11.4 Å². The molecule has 5 rings (SSSR count). The number of likely N-dealkylation sites (tertiary alicyclic amines) is 1. The largest absolute Gasteiger partial charge is 0.497 e. The van der Waals surface area contributed by atoms with E-state index in [1.54, 1.807) is 13.3 Å². The molecule has 2 aromatic heterocycles. The summed E-state index contributed by atoms with van der Waals surface area (Å²) in [6.45, 7) is 2.67. The number of hydrogen-bond acceptors (Lipinski definition) is 6. The zero-order chi connectivity index (χ0) is 20.6. The Morgan fingerprint density at radius 2 is 1.87 bits per heavy atom. The molecule has 6 heteroatoms. The highest BCUT2D eigenvalue weighted by Gasteiger charge is 2.52. The Kier molecular flexibility index (Phi) is 4.97. The summed E-state index contributed by atoms with van der Waals surface area (Å²) in [6, 6.07) is 13.6. The highest BCUT2D eigenvalue weighted by molar-refractivity contribution is 5.55. The van der Waals surface area contributed by atoms with E-state index in [2.05, 4.69) is 19.9 Å². The van der Waals surface area contributed by atoms with Crippen LogP contribution in [-0.2, 0) is 12.1 Å². The Hall–Kier alpha value is -2.83. The predicted molar refractivity (Wildman–Crippen MR) is 114 cm³/mol.